The molecule has 0 spiro atoms. The van der Waals surface area contributed by atoms with E-state index in [0.717, 1.165) is 10.0 Å². The van der Waals surface area contributed by atoms with E-state index in [1.54, 1.807) is 11.9 Å². The number of amides is 2. The Bertz CT molecular complexity index is 559. The molecule has 1 aliphatic heterocycles. The lowest BCUT2D eigenvalue weighted by Crippen LogP contribution is -2.40. The highest BCUT2D eigenvalue weighted by Crippen LogP contribution is 2.32. The van der Waals surface area contributed by atoms with Crippen LogP contribution in [-0.2, 0) is 4.79 Å². The minimum atomic E-state index is -0.482. The number of carbonyl (C=O) groups excluding carboxylic acids is 2. The van der Waals surface area contributed by atoms with Crippen LogP contribution < -0.4 is 5.32 Å². The summed E-state index contributed by atoms with van der Waals surface area (Å²) in [6.07, 6.45) is 0.700. The first kappa shape index (κ1) is 15.0. The number of halogens is 1. The van der Waals surface area contributed by atoms with E-state index in [0.29, 0.717) is 25.1 Å². The number of rotatable bonds is 2. The largest absolute Gasteiger partial charge is 0.359 e. The molecule has 0 bridgehead atoms. The number of hydrogen-bond donors (Lipinski definition) is 1. The fraction of sp³-hybridized carbons (Fsp3) is 0.467. The molecule has 4 nitrogen and oxygen atoms in total. The van der Waals surface area contributed by atoms with Crippen molar-refractivity contribution in [1.82, 2.24) is 10.2 Å². The van der Waals surface area contributed by atoms with Gasteiger partial charge in [-0.3, -0.25) is 9.59 Å². The van der Waals surface area contributed by atoms with Crippen molar-refractivity contribution in [1.29, 1.82) is 0 Å². The summed E-state index contributed by atoms with van der Waals surface area (Å²) in [6.45, 7) is 4.92. The lowest BCUT2D eigenvalue weighted by molar-refractivity contribution is -0.128. The summed E-state index contributed by atoms with van der Waals surface area (Å²) >= 11 is 3.44. The Morgan fingerprint density at radius 3 is 2.75 bits per heavy atom. The van der Waals surface area contributed by atoms with E-state index in [9.17, 15) is 9.59 Å². The standard InChI is InChI=1S/C15H19BrN2O2/c1-10-11(5-4-6-12(10)16)13(19)18-8-7-15(2,9-18)14(20)17-3/h4-6H,7-9H2,1-3H3,(H,17,20). The van der Waals surface area contributed by atoms with Crippen LogP contribution in [-0.4, -0.2) is 36.9 Å². The molecule has 2 rings (SSSR count). The predicted molar refractivity (Wildman–Crippen MR) is 81.6 cm³/mol. The zero-order chi connectivity index (χ0) is 14.9. The molecule has 2 amide bonds. The van der Waals surface area contributed by atoms with Gasteiger partial charge in [0.15, 0.2) is 0 Å². The number of nitrogens with one attached hydrogen (secondary N) is 1. The van der Waals surface area contributed by atoms with Crippen LogP contribution in [0.2, 0.25) is 0 Å². The van der Waals surface area contributed by atoms with Gasteiger partial charge in [0.1, 0.15) is 0 Å². The Morgan fingerprint density at radius 1 is 1.40 bits per heavy atom. The highest BCUT2D eigenvalue weighted by atomic mass is 79.9. The second-order valence-electron chi connectivity index (χ2n) is 5.53. The van der Waals surface area contributed by atoms with Crippen LogP contribution in [0.25, 0.3) is 0 Å². The Morgan fingerprint density at radius 2 is 2.10 bits per heavy atom. The predicted octanol–water partition coefficient (Wildman–Crippen LogP) is 2.36. The first-order valence-electron chi connectivity index (χ1n) is 6.65. The first-order chi connectivity index (χ1) is 9.39. The number of hydrogen-bond acceptors (Lipinski definition) is 2. The van der Waals surface area contributed by atoms with Gasteiger partial charge in [-0.1, -0.05) is 22.0 Å². The van der Waals surface area contributed by atoms with E-state index in [1.165, 1.54) is 0 Å². The molecule has 5 heteroatoms. The third-order valence-corrected chi connectivity index (χ3v) is 4.89. The molecule has 108 valence electrons. The zero-order valence-electron chi connectivity index (χ0n) is 12.0. The molecule has 1 unspecified atom stereocenters. The average Bonchev–Trinajstić information content (AvgIpc) is 2.84. The molecule has 1 N–H and O–H groups in total. The molecular formula is C15H19BrN2O2. The van der Waals surface area contributed by atoms with Crippen LogP contribution in [0.3, 0.4) is 0 Å². The van der Waals surface area contributed by atoms with Gasteiger partial charge in [0.25, 0.3) is 5.91 Å². The monoisotopic (exact) mass is 338 g/mol. The third kappa shape index (κ3) is 2.59. The molecule has 1 aromatic carbocycles. The Hall–Kier alpha value is -1.36. The van der Waals surface area contributed by atoms with Gasteiger partial charge in [0.2, 0.25) is 5.91 Å². The highest BCUT2D eigenvalue weighted by Gasteiger charge is 2.41. The fourth-order valence-electron chi connectivity index (χ4n) is 2.63. The van der Waals surface area contributed by atoms with Gasteiger partial charge in [-0.2, -0.15) is 0 Å². The van der Waals surface area contributed by atoms with E-state index in [1.807, 2.05) is 32.0 Å². The van der Waals surface area contributed by atoms with Crippen molar-refractivity contribution in [3.05, 3.63) is 33.8 Å². The van der Waals surface area contributed by atoms with Gasteiger partial charge in [-0.25, -0.2) is 0 Å². The molecule has 1 atom stereocenters. The maximum atomic E-state index is 12.6. The molecule has 1 fully saturated rings. The van der Waals surface area contributed by atoms with Crippen LogP contribution >= 0.6 is 15.9 Å². The fourth-order valence-corrected chi connectivity index (χ4v) is 3.00. The summed E-state index contributed by atoms with van der Waals surface area (Å²) in [6, 6.07) is 5.61. The number of likely N-dealkylation sites (tertiary alicyclic amines) is 1. The smallest absolute Gasteiger partial charge is 0.254 e. The number of carbonyl (C=O) groups is 2. The minimum Gasteiger partial charge on any atom is -0.359 e. The van der Waals surface area contributed by atoms with Gasteiger partial charge in [-0.15, -0.1) is 0 Å². The van der Waals surface area contributed by atoms with Gasteiger partial charge >= 0.3 is 0 Å². The second kappa shape index (κ2) is 5.56. The molecule has 1 aromatic rings. The summed E-state index contributed by atoms with van der Waals surface area (Å²) in [5, 5.41) is 2.68. The molecule has 1 aliphatic rings. The van der Waals surface area contributed by atoms with Crippen molar-refractivity contribution in [2.75, 3.05) is 20.1 Å². The quantitative estimate of drug-likeness (QED) is 0.899. The second-order valence-corrected chi connectivity index (χ2v) is 6.38. The SMILES string of the molecule is CNC(=O)C1(C)CCN(C(=O)c2cccc(Br)c2C)C1. The van der Waals surface area contributed by atoms with Crippen molar-refractivity contribution in [3.63, 3.8) is 0 Å². The van der Waals surface area contributed by atoms with Gasteiger partial charge in [-0.05, 0) is 38.0 Å². The molecule has 0 saturated carbocycles. The highest BCUT2D eigenvalue weighted by molar-refractivity contribution is 9.10. The Labute approximate surface area is 127 Å². The Kier molecular flexibility index (Phi) is 4.18. The zero-order valence-corrected chi connectivity index (χ0v) is 13.6. The lowest BCUT2D eigenvalue weighted by Gasteiger charge is -2.23. The normalized spacial score (nSPS) is 21.9. The number of benzene rings is 1. The van der Waals surface area contributed by atoms with E-state index in [4.69, 9.17) is 0 Å². The van der Waals surface area contributed by atoms with Crippen molar-refractivity contribution in [2.45, 2.75) is 20.3 Å². The van der Waals surface area contributed by atoms with Gasteiger partial charge in [0.05, 0.1) is 5.41 Å². The van der Waals surface area contributed by atoms with E-state index < -0.39 is 5.41 Å². The van der Waals surface area contributed by atoms with Crippen LogP contribution in [0.1, 0.15) is 29.3 Å². The molecule has 0 aromatic heterocycles. The van der Waals surface area contributed by atoms with Crippen LogP contribution in [0.15, 0.2) is 22.7 Å². The van der Waals surface area contributed by atoms with Crippen molar-refractivity contribution in [3.8, 4) is 0 Å². The molecule has 1 heterocycles. The molecule has 0 radical (unpaired) electrons. The summed E-state index contributed by atoms with van der Waals surface area (Å²) in [5.41, 5.74) is 1.15. The van der Waals surface area contributed by atoms with Crippen molar-refractivity contribution >= 4 is 27.7 Å². The first-order valence-corrected chi connectivity index (χ1v) is 7.45. The van der Waals surface area contributed by atoms with Crippen LogP contribution in [0.5, 0.6) is 0 Å². The van der Waals surface area contributed by atoms with Crippen LogP contribution in [0.4, 0.5) is 0 Å². The van der Waals surface area contributed by atoms with Crippen LogP contribution in [0, 0.1) is 12.3 Å². The molecule has 20 heavy (non-hydrogen) atoms. The van der Waals surface area contributed by atoms with E-state index in [-0.39, 0.29) is 11.8 Å². The summed E-state index contributed by atoms with van der Waals surface area (Å²) in [5.74, 6) is -0.00445. The van der Waals surface area contributed by atoms with E-state index in [2.05, 4.69) is 21.2 Å². The van der Waals surface area contributed by atoms with Gasteiger partial charge < -0.3 is 10.2 Å². The lowest BCUT2D eigenvalue weighted by atomic mass is 9.89. The van der Waals surface area contributed by atoms with Crippen molar-refractivity contribution < 1.29 is 9.59 Å². The van der Waals surface area contributed by atoms with Gasteiger partial charge in [0, 0.05) is 30.2 Å². The summed E-state index contributed by atoms with van der Waals surface area (Å²) in [7, 11) is 1.64. The maximum absolute atomic E-state index is 12.6. The maximum Gasteiger partial charge on any atom is 0.254 e. The average molecular weight is 339 g/mol. The molecule has 1 saturated heterocycles. The number of nitrogens with zero attached hydrogens (tertiary/aromatic N) is 1. The minimum absolute atomic E-state index is 0.00114. The van der Waals surface area contributed by atoms with E-state index >= 15 is 0 Å². The van der Waals surface area contributed by atoms with Crippen molar-refractivity contribution in [2.24, 2.45) is 5.41 Å². The Balaban J connectivity index is 2.20. The molecular weight excluding hydrogens is 320 g/mol. The molecule has 0 aliphatic carbocycles. The topological polar surface area (TPSA) is 49.4 Å². The summed E-state index contributed by atoms with van der Waals surface area (Å²) in [4.78, 5) is 26.3. The third-order valence-electron chi connectivity index (χ3n) is 4.03. The summed E-state index contributed by atoms with van der Waals surface area (Å²) < 4.78 is 0.927.